The molecule has 1 aromatic rings. The van der Waals surface area contributed by atoms with Gasteiger partial charge in [0.1, 0.15) is 11.4 Å². The van der Waals surface area contributed by atoms with Gasteiger partial charge in [-0.25, -0.2) is 4.39 Å². The standard InChI is InChI=1S/C14H18FNO/c1-10-7-11(9-12(15)8-10)14(17)4-6-16-5-2-3-13(14)16/h7-9,13,17H,2-6H2,1H3. The first-order valence-corrected chi connectivity index (χ1v) is 6.34. The minimum atomic E-state index is -0.844. The average molecular weight is 235 g/mol. The fourth-order valence-corrected chi connectivity index (χ4v) is 3.44. The van der Waals surface area contributed by atoms with Gasteiger partial charge in [-0.05, 0) is 56.0 Å². The highest BCUT2D eigenvalue weighted by Gasteiger charge is 2.49. The van der Waals surface area contributed by atoms with E-state index in [4.69, 9.17) is 0 Å². The zero-order valence-electron chi connectivity index (χ0n) is 10.1. The first-order chi connectivity index (χ1) is 8.09. The van der Waals surface area contributed by atoms with Crippen LogP contribution < -0.4 is 0 Å². The van der Waals surface area contributed by atoms with Crippen molar-refractivity contribution < 1.29 is 9.50 Å². The largest absolute Gasteiger partial charge is 0.383 e. The number of benzene rings is 1. The van der Waals surface area contributed by atoms with E-state index >= 15 is 0 Å². The molecule has 17 heavy (non-hydrogen) atoms. The Kier molecular flexibility index (Phi) is 2.49. The van der Waals surface area contributed by atoms with Crippen molar-refractivity contribution in [3.63, 3.8) is 0 Å². The van der Waals surface area contributed by atoms with Crippen LogP contribution in [0, 0.1) is 12.7 Å². The molecule has 0 aromatic heterocycles. The minimum absolute atomic E-state index is 0.184. The lowest BCUT2D eigenvalue weighted by atomic mass is 9.84. The molecule has 2 nitrogen and oxygen atoms in total. The zero-order chi connectivity index (χ0) is 12.0. The van der Waals surface area contributed by atoms with E-state index in [0.717, 1.165) is 43.5 Å². The number of hydrogen-bond donors (Lipinski definition) is 1. The predicted octanol–water partition coefficient (Wildman–Crippen LogP) is 2.19. The predicted molar refractivity (Wildman–Crippen MR) is 64.2 cm³/mol. The van der Waals surface area contributed by atoms with E-state index < -0.39 is 5.60 Å². The van der Waals surface area contributed by atoms with Gasteiger partial charge >= 0.3 is 0 Å². The van der Waals surface area contributed by atoms with E-state index in [1.54, 1.807) is 0 Å². The van der Waals surface area contributed by atoms with Gasteiger partial charge in [0.25, 0.3) is 0 Å². The summed E-state index contributed by atoms with van der Waals surface area (Å²) in [5.74, 6) is -0.245. The van der Waals surface area contributed by atoms with Crippen LogP contribution in [0.5, 0.6) is 0 Å². The van der Waals surface area contributed by atoms with Crippen LogP contribution in [0.3, 0.4) is 0 Å². The van der Waals surface area contributed by atoms with Crippen molar-refractivity contribution in [2.45, 2.75) is 37.8 Å². The molecule has 3 rings (SSSR count). The molecule has 0 radical (unpaired) electrons. The number of rotatable bonds is 1. The van der Waals surface area contributed by atoms with Gasteiger partial charge in [0.2, 0.25) is 0 Å². The summed E-state index contributed by atoms with van der Waals surface area (Å²) in [7, 11) is 0. The van der Waals surface area contributed by atoms with Gasteiger partial charge in [0.05, 0.1) is 0 Å². The second-order valence-electron chi connectivity index (χ2n) is 5.39. The molecule has 0 bridgehead atoms. The second-order valence-corrected chi connectivity index (χ2v) is 5.39. The van der Waals surface area contributed by atoms with E-state index in [1.165, 1.54) is 12.1 Å². The van der Waals surface area contributed by atoms with E-state index in [-0.39, 0.29) is 11.9 Å². The minimum Gasteiger partial charge on any atom is -0.383 e. The third-order valence-electron chi connectivity index (χ3n) is 4.24. The Morgan fingerprint density at radius 3 is 2.94 bits per heavy atom. The van der Waals surface area contributed by atoms with Crippen molar-refractivity contribution in [2.75, 3.05) is 13.1 Å². The molecule has 1 N–H and O–H groups in total. The number of aryl methyl sites for hydroxylation is 1. The van der Waals surface area contributed by atoms with Crippen LogP contribution in [0.15, 0.2) is 18.2 Å². The molecule has 1 aromatic carbocycles. The highest BCUT2D eigenvalue weighted by molar-refractivity contribution is 5.31. The Bertz CT molecular complexity index is 428. The summed E-state index contributed by atoms with van der Waals surface area (Å²) in [5.41, 5.74) is 0.790. The summed E-state index contributed by atoms with van der Waals surface area (Å²) < 4.78 is 13.5. The molecule has 2 aliphatic heterocycles. The fourth-order valence-electron chi connectivity index (χ4n) is 3.44. The Balaban J connectivity index is 2.02. The summed E-state index contributed by atoms with van der Waals surface area (Å²) in [4.78, 5) is 2.33. The quantitative estimate of drug-likeness (QED) is 0.806. The number of hydrogen-bond acceptors (Lipinski definition) is 2. The zero-order valence-corrected chi connectivity index (χ0v) is 10.1. The smallest absolute Gasteiger partial charge is 0.123 e. The van der Waals surface area contributed by atoms with Crippen molar-refractivity contribution in [2.24, 2.45) is 0 Å². The summed E-state index contributed by atoms with van der Waals surface area (Å²) >= 11 is 0. The van der Waals surface area contributed by atoms with Gasteiger partial charge < -0.3 is 5.11 Å². The van der Waals surface area contributed by atoms with Gasteiger partial charge in [-0.2, -0.15) is 0 Å². The highest BCUT2D eigenvalue weighted by Crippen LogP contribution is 2.43. The van der Waals surface area contributed by atoms with E-state index in [2.05, 4.69) is 4.90 Å². The van der Waals surface area contributed by atoms with Gasteiger partial charge in [-0.15, -0.1) is 0 Å². The van der Waals surface area contributed by atoms with Gasteiger partial charge in [-0.1, -0.05) is 6.07 Å². The molecular formula is C14H18FNO. The second kappa shape index (κ2) is 3.79. The summed E-state index contributed by atoms with van der Waals surface area (Å²) in [6.45, 7) is 3.87. The van der Waals surface area contributed by atoms with Crippen molar-refractivity contribution >= 4 is 0 Å². The van der Waals surface area contributed by atoms with Crippen LogP contribution in [-0.4, -0.2) is 29.1 Å². The molecule has 2 saturated heterocycles. The lowest BCUT2D eigenvalue weighted by Gasteiger charge is -2.30. The fraction of sp³-hybridized carbons (Fsp3) is 0.571. The van der Waals surface area contributed by atoms with Gasteiger partial charge in [0.15, 0.2) is 0 Å². The lowest BCUT2D eigenvalue weighted by Crippen LogP contribution is -2.38. The molecular weight excluding hydrogens is 217 g/mol. The summed E-state index contributed by atoms with van der Waals surface area (Å²) in [5, 5.41) is 10.9. The third-order valence-corrected chi connectivity index (χ3v) is 4.24. The Morgan fingerprint density at radius 1 is 1.35 bits per heavy atom. The molecule has 3 heteroatoms. The summed E-state index contributed by atoms with van der Waals surface area (Å²) in [6, 6.07) is 5.11. The molecule has 0 amide bonds. The SMILES string of the molecule is Cc1cc(F)cc(C2(O)CCN3CCCC32)c1. The van der Waals surface area contributed by atoms with Crippen LogP contribution in [-0.2, 0) is 5.60 Å². The molecule has 2 aliphatic rings. The number of halogens is 1. The van der Waals surface area contributed by atoms with Crippen molar-refractivity contribution in [3.05, 3.63) is 35.1 Å². The van der Waals surface area contributed by atoms with Crippen molar-refractivity contribution in [1.82, 2.24) is 4.90 Å². The number of aliphatic hydroxyl groups is 1. The Hall–Kier alpha value is -0.930. The molecule has 2 atom stereocenters. The maximum absolute atomic E-state index is 13.5. The van der Waals surface area contributed by atoms with Crippen LogP contribution in [0.1, 0.15) is 30.4 Å². The van der Waals surface area contributed by atoms with Gasteiger partial charge in [0, 0.05) is 12.6 Å². The van der Waals surface area contributed by atoms with Crippen molar-refractivity contribution in [1.29, 1.82) is 0 Å². The maximum atomic E-state index is 13.5. The average Bonchev–Trinajstić information content (AvgIpc) is 2.82. The molecule has 0 spiro atoms. The van der Waals surface area contributed by atoms with E-state index in [0.29, 0.717) is 0 Å². The molecule has 0 aliphatic carbocycles. The molecule has 0 saturated carbocycles. The van der Waals surface area contributed by atoms with Crippen molar-refractivity contribution in [3.8, 4) is 0 Å². The summed E-state index contributed by atoms with van der Waals surface area (Å²) in [6.07, 6.45) is 2.88. The lowest BCUT2D eigenvalue weighted by molar-refractivity contribution is 0.00907. The molecule has 2 heterocycles. The Labute approximate surface area is 101 Å². The van der Waals surface area contributed by atoms with E-state index in [9.17, 15) is 9.50 Å². The number of fused-ring (bicyclic) bond motifs is 1. The molecule has 2 fully saturated rings. The topological polar surface area (TPSA) is 23.5 Å². The maximum Gasteiger partial charge on any atom is 0.123 e. The van der Waals surface area contributed by atoms with Crippen LogP contribution in [0.2, 0.25) is 0 Å². The van der Waals surface area contributed by atoms with Crippen LogP contribution in [0.4, 0.5) is 4.39 Å². The monoisotopic (exact) mass is 235 g/mol. The third kappa shape index (κ3) is 1.69. The normalized spacial score (nSPS) is 33.0. The first kappa shape index (κ1) is 11.2. The first-order valence-electron chi connectivity index (χ1n) is 6.34. The van der Waals surface area contributed by atoms with E-state index in [1.807, 2.05) is 13.0 Å². The van der Waals surface area contributed by atoms with Crippen LogP contribution >= 0.6 is 0 Å². The number of nitrogens with zero attached hydrogens (tertiary/aromatic N) is 1. The Morgan fingerprint density at radius 2 is 2.18 bits per heavy atom. The van der Waals surface area contributed by atoms with Crippen LogP contribution in [0.25, 0.3) is 0 Å². The molecule has 92 valence electrons. The molecule has 2 unspecified atom stereocenters. The highest BCUT2D eigenvalue weighted by atomic mass is 19.1. The van der Waals surface area contributed by atoms with Gasteiger partial charge in [-0.3, -0.25) is 4.90 Å².